The molecule has 1 heterocycles. The molecule has 0 aliphatic heterocycles. The van der Waals surface area contributed by atoms with Gasteiger partial charge in [-0.05, 0) is 73.4 Å². The second-order valence-electron chi connectivity index (χ2n) is 14.0. The highest BCUT2D eigenvalue weighted by Crippen LogP contribution is 2.28. The lowest BCUT2D eigenvalue weighted by Crippen LogP contribution is -2.58. The van der Waals surface area contributed by atoms with Crippen LogP contribution in [0.3, 0.4) is 0 Å². The summed E-state index contributed by atoms with van der Waals surface area (Å²) in [5, 5.41) is 42.0. The highest BCUT2D eigenvalue weighted by Gasteiger charge is 2.35. The Morgan fingerprint density at radius 2 is 1.69 bits per heavy atom. The summed E-state index contributed by atoms with van der Waals surface area (Å²) in [6.45, 7) is 5.43. The minimum Gasteiger partial charge on any atom is -0.411 e. The maximum Gasteiger partial charge on any atom is 0.318 e. The second kappa shape index (κ2) is 20.0. The van der Waals surface area contributed by atoms with Gasteiger partial charge in [-0.25, -0.2) is 18.2 Å². The molecule has 3 amide bonds. The smallest absolute Gasteiger partial charge is 0.318 e. The van der Waals surface area contributed by atoms with E-state index in [2.05, 4.69) is 25.9 Å². The molecule has 0 bridgehead atoms. The van der Waals surface area contributed by atoms with E-state index < -0.39 is 40.1 Å². The Balaban J connectivity index is 1.57. The lowest BCUT2D eigenvalue weighted by Gasteiger charge is -2.33. The number of nitrogens with zero attached hydrogens (tertiary/aromatic N) is 5. The van der Waals surface area contributed by atoms with Gasteiger partial charge in [-0.15, -0.1) is 0 Å². The number of urea groups is 1. The molecule has 3 aromatic rings. The first kappa shape index (κ1) is 41.9. The number of aromatic nitrogens is 1. The first-order chi connectivity index (χ1) is 25.9. The molecule has 1 saturated carbocycles. The van der Waals surface area contributed by atoms with E-state index in [0.29, 0.717) is 29.1 Å². The molecule has 0 unspecified atom stereocenters. The van der Waals surface area contributed by atoms with Gasteiger partial charge in [-0.3, -0.25) is 4.79 Å². The van der Waals surface area contributed by atoms with E-state index in [1.54, 1.807) is 32.2 Å². The van der Waals surface area contributed by atoms with Crippen molar-refractivity contribution in [2.45, 2.75) is 88.9 Å². The van der Waals surface area contributed by atoms with Crippen LogP contribution in [0.4, 0.5) is 4.79 Å². The monoisotopic (exact) mass is 763 g/mol. The molecule has 4 atom stereocenters. The molecule has 1 aliphatic carbocycles. The van der Waals surface area contributed by atoms with Crippen molar-refractivity contribution >= 4 is 33.9 Å². The number of benzene rings is 2. The molecule has 4 rings (SSSR count). The standard InChI is InChI=1S/C39H53N7O7S/c1-5-27(2)37(43-39(49)45(4)25-32-16-11-17-34(41-32)28(3)44-51)38(48)42-35(22-29-12-7-6-8-13-29)36(47)26-46(24-31-14-9-10-15-31)54(52,53)33-20-18-30(19-21-33)23-40-50/h6-8,11-13,16-21,23,27,31,35-37,47,50-51H,5,9-10,14-15,22,24-26H2,1-4H3,(H,42,48)(H,43,49)/b40-23+,44-28+/t27-,35-,36+,37-/m0/s1. The van der Waals surface area contributed by atoms with Crippen molar-refractivity contribution in [2.24, 2.45) is 22.1 Å². The number of oxime groups is 2. The molecular weight excluding hydrogens is 711 g/mol. The first-order valence-electron chi connectivity index (χ1n) is 18.3. The average Bonchev–Trinajstić information content (AvgIpc) is 3.69. The van der Waals surface area contributed by atoms with Gasteiger partial charge >= 0.3 is 6.03 Å². The molecule has 5 N–H and O–H groups in total. The summed E-state index contributed by atoms with van der Waals surface area (Å²) in [7, 11) is -2.50. The fourth-order valence-electron chi connectivity index (χ4n) is 6.53. The summed E-state index contributed by atoms with van der Waals surface area (Å²) < 4.78 is 29.5. The van der Waals surface area contributed by atoms with Crippen LogP contribution in [-0.4, -0.2) is 100 Å². The van der Waals surface area contributed by atoms with Crippen LogP contribution in [0.25, 0.3) is 0 Å². The summed E-state index contributed by atoms with van der Waals surface area (Å²) in [5.41, 5.74) is 2.69. The molecule has 0 spiro atoms. The summed E-state index contributed by atoms with van der Waals surface area (Å²) in [5.74, 6) is -0.673. The van der Waals surface area contributed by atoms with Crippen LogP contribution >= 0.6 is 0 Å². The zero-order chi connectivity index (χ0) is 39.3. The van der Waals surface area contributed by atoms with Crippen molar-refractivity contribution in [1.29, 1.82) is 0 Å². The van der Waals surface area contributed by atoms with Gasteiger partial charge in [0.2, 0.25) is 15.9 Å². The van der Waals surface area contributed by atoms with E-state index in [4.69, 9.17) is 10.4 Å². The molecule has 1 fully saturated rings. The minimum atomic E-state index is -4.08. The Kier molecular flexibility index (Phi) is 15.5. The number of nitrogens with one attached hydrogen (secondary N) is 2. The van der Waals surface area contributed by atoms with E-state index in [-0.39, 0.29) is 42.8 Å². The molecule has 1 aliphatic rings. The van der Waals surface area contributed by atoms with Crippen molar-refractivity contribution < 1.29 is 33.5 Å². The molecule has 14 nitrogen and oxygen atoms in total. The van der Waals surface area contributed by atoms with Gasteiger partial charge in [-0.2, -0.15) is 4.31 Å². The molecule has 2 aromatic carbocycles. The summed E-state index contributed by atoms with van der Waals surface area (Å²) in [4.78, 5) is 33.5. The lowest BCUT2D eigenvalue weighted by atomic mass is 9.96. The van der Waals surface area contributed by atoms with Crippen LogP contribution in [0.5, 0.6) is 0 Å². The van der Waals surface area contributed by atoms with Gasteiger partial charge in [-0.1, -0.05) is 92.0 Å². The third-order valence-electron chi connectivity index (χ3n) is 9.99. The first-order valence-corrected chi connectivity index (χ1v) is 19.8. The van der Waals surface area contributed by atoms with Gasteiger partial charge in [0.1, 0.15) is 11.8 Å². The van der Waals surface area contributed by atoms with Crippen LogP contribution in [-0.2, 0) is 27.8 Å². The number of sulfonamides is 1. The van der Waals surface area contributed by atoms with Crippen molar-refractivity contribution in [1.82, 2.24) is 24.8 Å². The van der Waals surface area contributed by atoms with Crippen molar-refractivity contribution in [3.8, 4) is 0 Å². The second-order valence-corrected chi connectivity index (χ2v) is 16.0. The topological polar surface area (TPSA) is 197 Å². The van der Waals surface area contributed by atoms with E-state index in [1.165, 1.54) is 39.7 Å². The van der Waals surface area contributed by atoms with Crippen LogP contribution in [0, 0.1) is 11.8 Å². The molecule has 1 aromatic heterocycles. The fourth-order valence-corrected chi connectivity index (χ4v) is 8.07. The number of pyridine rings is 1. The zero-order valence-corrected chi connectivity index (χ0v) is 32.2. The summed E-state index contributed by atoms with van der Waals surface area (Å²) in [6, 6.07) is 18.0. The molecule has 0 radical (unpaired) electrons. The number of rotatable bonds is 18. The van der Waals surface area contributed by atoms with E-state index >= 15 is 0 Å². The quantitative estimate of drug-likeness (QED) is 0.0703. The largest absolute Gasteiger partial charge is 0.411 e. The number of aliphatic hydroxyl groups excluding tert-OH is 1. The van der Waals surface area contributed by atoms with Crippen molar-refractivity contribution in [3.63, 3.8) is 0 Å². The predicted molar refractivity (Wildman–Crippen MR) is 206 cm³/mol. The molecule has 0 saturated heterocycles. The van der Waals surface area contributed by atoms with Gasteiger partial charge in [0, 0.05) is 20.1 Å². The Bertz CT molecular complexity index is 1840. The van der Waals surface area contributed by atoms with Crippen LogP contribution in [0.2, 0.25) is 0 Å². The number of aliphatic hydroxyl groups is 1. The third kappa shape index (κ3) is 11.6. The lowest BCUT2D eigenvalue weighted by molar-refractivity contribution is -0.125. The Hall–Kier alpha value is -4.86. The van der Waals surface area contributed by atoms with E-state index in [0.717, 1.165) is 31.2 Å². The highest BCUT2D eigenvalue weighted by atomic mass is 32.2. The zero-order valence-electron chi connectivity index (χ0n) is 31.4. The van der Waals surface area contributed by atoms with Gasteiger partial charge in [0.25, 0.3) is 0 Å². The highest BCUT2D eigenvalue weighted by molar-refractivity contribution is 7.89. The SMILES string of the molecule is CC[C@H](C)[C@H](NC(=O)N(C)Cc1cccc(/C(C)=N/O)n1)C(=O)N[C@@H](Cc1ccccc1)[C@H](O)CN(CC1CCCC1)S(=O)(=O)c1ccc(/C=N/O)cc1. The van der Waals surface area contributed by atoms with E-state index in [1.807, 2.05) is 44.2 Å². The van der Waals surface area contributed by atoms with Crippen molar-refractivity contribution in [3.05, 3.63) is 95.3 Å². The molecule has 54 heavy (non-hydrogen) atoms. The summed E-state index contributed by atoms with van der Waals surface area (Å²) in [6.07, 6.45) is 4.42. The number of amides is 3. The van der Waals surface area contributed by atoms with E-state index in [9.17, 15) is 23.1 Å². The average molecular weight is 764 g/mol. The molecule has 292 valence electrons. The normalized spacial score (nSPS) is 16.2. The number of hydrogen-bond acceptors (Lipinski definition) is 10. The number of carbonyl (C=O) groups is 2. The van der Waals surface area contributed by atoms with Crippen molar-refractivity contribution in [2.75, 3.05) is 20.1 Å². The van der Waals surface area contributed by atoms with Crippen LogP contribution in [0.15, 0.2) is 88.0 Å². The Morgan fingerprint density at radius 3 is 2.31 bits per heavy atom. The minimum absolute atomic E-state index is 0.0358. The fraction of sp³-hybridized carbons (Fsp3) is 0.462. The Labute approximate surface area is 318 Å². The van der Waals surface area contributed by atoms with Gasteiger partial charge in [0.15, 0.2) is 0 Å². The van der Waals surface area contributed by atoms with Crippen LogP contribution in [0.1, 0.15) is 75.4 Å². The maximum absolute atomic E-state index is 14.1. The third-order valence-corrected chi connectivity index (χ3v) is 11.8. The number of hydrogen-bond donors (Lipinski definition) is 5. The predicted octanol–water partition coefficient (Wildman–Crippen LogP) is 4.61. The molecule has 15 heteroatoms. The summed E-state index contributed by atoms with van der Waals surface area (Å²) >= 11 is 0. The molecular formula is C39H53N7O7S. The Morgan fingerprint density at radius 1 is 1.00 bits per heavy atom. The van der Waals surface area contributed by atoms with Crippen LogP contribution < -0.4 is 10.6 Å². The van der Waals surface area contributed by atoms with Gasteiger partial charge in [0.05, 0.1) is 41.2 Å². The van der Waals surface area contributed by atoms with Gasteiger partial charge < -0.3 is 31.1 Å². The maximum atomic E-state index is 14.1. The number of carbonyl (C=O) groups excluding carboxylic acids is 2.